The Hall–Kier alpha value is -2.92. The second-order valence-corrected chi connectivity index (χ2v) is 7.88. The Morgan fingerprint density at radius 3 is 2.66 bits per heavy atom. The molecule has 0 radical (unpaired) electrons. The number of carbonyl (C=O) groups is 1. The average Bonchev–Trinajstić information content (AvgIpc) is 3.28. The van der Waals surface area contributed by atoms with Gasteiger partial charge in [-0.2, -0.15) is 5.10 Å². The van der Waals surface area contributed by atoms with Gasteiger partial charge >= 0.3 is 0 Å². The van der Waals surface area contributed by atoms with Crippen LogP contribution < -0.4 is 5.32 Å². The molecule has 1 aliphatic heterocycles. The number of rotatable bonds is 5. The van der Waals surface area contributed by atoms with Gasteiger partial charge in [-0.25, -0.2) is 4.68 Å². The molecule has 0 bridgehead atoms. The van der Waals surface area contributed by atoms with Gasteiger partial charge < -0.3 is 5.32 Å². The predicted octanol–water partition coefficient (Wildman–Crippen LogP) is 4.57. The van der Waals surface area contributed by atoms with Crippen LogP contribution >= 0.6 is 0 Å². The van der Waals surface area contributed by atoms with E-state index in [9.17, 15) is 4.79 Å². The predicted molar refractivity (Wildman–Crippen MR) is 116 cm³/mol. The van der Waals surface area contributed by atoms with E-state index in [4.69, 9.17) is 0 Å². The van der Waals surface area contributed by atoms with Gasteiger partial charge in [0, 0.05) is 6.04 Å². The first kappa shape index (κ1) is 19.4. The number of amides is 1. The summed E-state index contributed by atoms with van der Waals surface area (Å²) < 4.78 is 1.89. The second-order valence-electron chi connectivity index (χ2n) is 7.88. The molecule has 1 N–H and O–H groups in total. The average molecular weight is 389 g/mol. The molecule has 3 aromatic rings. The van der Waals surface area contributed by atoms with E-state index in [1.165, 1.54) is 11.1 Å². The summed E-state index contributed by atoms with van der Waals surface area (Å²) in [5, 5.41) is 7.74. The number of anilines is 1. The van der Waals surface area contributed by atoms with E-state index in [0.717, 1.165) is 42.1 Å². The van der Waals surface area contributed by atoms with Gasteiger partial charge in [0.05, 0.1) is 29.3 Å². The molecule has 5 heteroatoms. The first-order valence-electron chi connectivity index (χ1n) is 10.2. The van der Waals surface area contributed by atoms with Crippen molar-refractivity contribution in [3.8, 4) is 5.69 Å². The molecule has 29 heavy (non-hydrogen) atoms. The summed E-state index contributed by atoms with van der Waals surface area (Å²) in [4.78, 5) is 15.2. The number of aromatic nitrogens is 2. The molecule has 1 aromatic heterocycles. The van der Waals surface area contributed by atoms with Crippen molar-refractivity contribution < 1.29 is 4.79 Å². The van der Waals surface area contributed by atoms with Gasteiger partial charge in [0.2, 0.25) is 5.91 Å². The number of nitrogens with one attached hydrogen (secondary N) is 1. The Morgan fingerprint density at radius 1 is 1.10 bits per heavy atom. The van der Waals surface area contributed by atoms with Crippen LogP contribution in [0.25, 0.3) is 5.69 Å². The summed E-state index contributed by atoms with van der Waals surface area (Å²) in [5.41, 5.74) is 6.14. The molecular formula is C24H28N4O. The topological polar surface area (TPSA) is 50.2 Å². The minimum Gasteiger partial charge on any atom is -0.322 e. The molecule has 1 fully saturated rings. The van der Waals surface area contributed by atoms with Gasteiger partial charge in [0.25, 0.3) is 0 Å². The number of nitrogens with zero attached hydrogens (tertiary/aromatic N) is 3. The van der Waals surface area contributed by atoms with Crippen LogP contribution in [0.5, 0.6) is 0 Å². The molecule has 0 aliphatic carbocycles. The Kier molecular flexibility index (Phi) is 5.49. The molecule has 1 saturated heterocycles. The number of hydrogen-bond acceptors (Lipinski definition) is 3. The highest BCUT2D eigenvalue weighted by molar-refractivity contribution is 5.93. The molecule has 2 heterocycles. The van der Waals surface area contributed by atoms with E-state index < -0.39 is 0 Å². The van der Waals surface area contributed by atoms with E-state index in [2.05, 4.69) is 46.5 Å². The van der Waals surface area contributed by atoms with Gasteiger partial charge in [-0.3, -0.25) is 9.69 Å². The fourth-order valence-electron chi connectivity index (χ4n) is 4.28. The van der Waals surface area contributed by atoms with Crippen molar-refractivity contribution in [3.63, 3.8) is 0 Å². The second kappa shape index (κ2) is 8.21. The summed E-state index contributed by atoms with van der Waals surface area (Å²) in [7, 11) is 0. The fraction of sp³-hybridized carbons (Fsp3) is 0.333. The highest BCUT2D eigenvalue weighted by Crippen LogP contribution is 2.32. The number of carbonyl (C=O) groups excluding carboxylic acids is 1. The summed E-state index contributed by atoms with van der Waals surface area (Å²) in [5.74, 6) is 0.0170. The Bertz CT molecular complexity index is 1010. The standard InChI is InChI=1S/C24H28N4O/c1-17-9-7-10-20(15-17)22-13-8-14-27(22)16-23(29)25-24-18(2)26-28(19(24)3)21-11-5-4-6-12-21/h4-7,9-12,15,22H,8,13-14,16H2,1-3H3,(H,25,29). The smallest absolute Gasteiger partial charge is 0.238 e. The van der Waals surface area contributed by atoms with Crippen LogP contribution in [0.4, 0.5) is 5.69 Å². The summed E-state index contributed by atoms with van der Waals surface area (Å²) in [6, 6.07) is 18.9. The number of hydrogen-bond donors (Lipinski definition) is 1. The zero-order chi connectivity index (χ0) is 20.4. The lowest BCUT2D eigenvalue weighted by atomic mass is 10.0. The van der Waals surface area contributed by atoms with Crippen LogP contribution in [0.15, 0.2) is 54.6 Å². The van der Waals surface area contributed by atoms with Gasteiger partial charge in [-0.05, 0) is 57.9 Å². The third kappa shape index (κ3) is 4.10. The van der Waals surface area contributed by atoms with E-state index in [1.54, 1.807) is 0 Å². The van der Waals surface area contributed by atoms with Crippen molar-refractivity contribution in [1.29, 1.82) is 0 Å². The molecule has 1 atom stereocenters. The minimum atomic E-state index is 0.0170. The van der Waals surface area contributed by atoms with E-state index >= 15 is 0 Å². The number of benzene rings is 2. The molecular weight excluding hydrogens is 360 g/mol. The quantitative estimate of drug-likeness (QED) is 0.696. The van der Waals surface area contributed by atoms with Crippen molar-refractivity contribution in [2.45, 2.75) is 39.7 Å². The van der Waals surface area contributed by atoms with E-state index in [1.807, 2.05) is 48.9 Å². The lowest BCUT2D eigenvalue weighted by Crippen LogP contribution is -2.33. The molecule has 5 nitrogen and oxygen atoms in total. The van der Waals surface area contributed by atoms with Crippen LogP contribution in [-0.4, -0.2) is 33.7 Å². The van der Waals surface area contributed by atoms with Crippen molar-refractivity contribution in [2.24, 2.45) is 0 Å². The number of aryl methyl sites for hydroxylation is 2. The zero-order valence-corrected chi connectivity index (χ0v) is 17.4. The first-order chi connectivity index (χ1) is 14.0. The van der Waals surface area contributed by atoms with Crippen LogP contribution in [0.3, 0.4) is 0 Å². The van der Waals surface area contributed by atoms with Crippen LogP contribution in [0, 0.1) is 20.8 Å². The number of likely N-dealkylation sites (tertiary alicyclic amines) is 1. The maximum atomic E-state index is 12.9. The van der Waals surface area contributed by atoms with Crippen LogP contribution in [0.2, 0.25) is 0 Å². The highest BCUT2D eigenvalue weighted by atomic mass is 16.2. The molecule has 1 amide bonds. The highest BCUT2D eigenvalue weighted by Gasteiger charge is 2.28. The van der Waals surface area contributed by atoms with Crippen molar-refractivity contribution in [3.05, 3.63) is 77.1 Å². The van der Waals surface area contributed by atoms with Gasteiger partial charge in [-0.1, -0.05) is 48.0 Å². The lowest BCUT2D eigenvalue weighted by Gasteiger charge is -2.24. The van der Waals surface area contributed by atoms with Gasteiger partial charge in [-0.15, -0.1) is 0 Å². The Labute approximate surface area is 172 Å². The van der Waals surface area contributed by atoms with Crippen LogP contribution in [0.1, 0.15) is 41.4 Å². The molecule has 1 unspecified atom stereocenters. The monoisotopic (exact) mass is 388 g/mol. The summed E-state index contributed by atoms with van der Waals surface area (Å²) in [6.45, 7) is 7.40. The summed E-state index contributed by atoms with van der Waals surface area (Å²) >= 11 is 0. The SMILES string of the molecule is Cc1cccc(C2CCCN2CC(=O)Nc2c(C)nn(-c3ccccc3)c2C)c1. The van der Waals surface area contributed by atoms with Crippen molar-refractivity contribution in [2.75, 3.05) is 18.4 Å². The largest absolute Gasteiger partial charge is 0.322 e. The molecule has 2 aromatic carbocycles. The maximum Gasteiger partial charge on any atom is 0.238 e. The Morgan fingerprint density at radius 2 is 1.90 bits per heavy atom. The maximum absolute atomic E-state index is 12.9. The minimum absolute atomic E-state index is 0.0170. The molecule has 0 spiro atoms. The van der Waals surface area contributed by atoms with E-state index in [0.29, 0.717) is 12.6 Å². The van der Waals surface area contributed by atoms with Gasteiger partial charge in [0.15, 0.2) is 0 Å². The molecule has 150 valence electrons. The van der Waals surface area contributed by atoms with Crippen molar-refractivity contribution in [1.82, 2.24) is 14.7 Å². The third-order valence-electron chi connectivity index (χ3n) is 5.69. The molecule has 4 rings (SSSR count). The normalized spacial score (nSPS) is 16.9. The van der Waals surface area contributed by atoms with E-state index in [-0.39, 0.29) is 5.91 Å². The zero-order valence-electron chi connectivity index (χ0n) is 17.4. The fourth-order valence-corrected chi connectivity index (χ4v) is 4.28. The number of para-hydroxylation sites is 1. The third-order valence-corrected chi connectivity index (χ3v) is 5.69. The molecule has 1 aliphatic rings. The summed E-state index contributed by atoms with van der Waals surface area (Å²) in [6.07, 6.45) is 2.22. The first-order valence-corrected chi connectivity index (χ1v) is 10.2. The van der Waals surface area contributed by atoms with Crippen molar-refractivity contribution >= 4 is 11.6 Å². The lowest BCUT2D eigenvalue weighted by molar-refractivity contribution is -0.117. The van der Waals surface area contributed by atoms with Crippen LogP contribution in [-0.2, 0) is 4.79 Å². The molecule has 0 saturated carbocycles. The van der Waals surface area contributed by atoms with Gasteiger partial charge in [0.1, 0.15) is 0 Å². The Balaban J connectivity index is 1.48.